The smallest absolute Gasteiger partial charge is 0.281 e. The Bertz CT molecular complexity index is 260. The lowest BCUT2D eigenvalue weighted by molar-refractivity contribution is 0.135. The third kappa shape index (κ3) is 1.87. The highest BCUT2D eigenvalue weighted by Gasteiger charge is 2.41. The van der Waals surface area contributed by atoms with Gasteiger partial charge in [-0.25, -0.2) is 4.79 Å². The second-order valence-electron chi connectivity index (χ2n) is 1.30. The molecule has 0 saturated carbocycles. The fourth-order valence-electron chi connectivity index (χ4n) is 0.143. The van der Waals surface area contributed by atoms with Crippen molar-refractivity contribution in [3.8, 4) is 0 Å². The number of hydrogen-bond donors (Lipinski definition) is 1. The summed E-state index contributed by atoms with van der Waals surface area (Å²) in [6, 6.07) is 0. The van der Waals surface area contributed by atoms with Crippen LogP contribution in [0.25, 0.3) is 0 Å². The molecule has 0 aliphatic rings. The van der Waals surface area contributed by atoms with Crippen LogP contribution in [0.3, 0.4) is 0 Å². The molecule has 0 aromatic carbocycles. The number of carbonyl (C=O) groups excluding carboxylic acids is 1. The summed E-state index contributed by atoms with van der Waals surface area (Å²) in [5.74, 6) is 0.550. The monoisotopic (exact) mass is 172 g/mol. The van der Waals surface area contributed by atoms with Gasteiger partial charge in [0.25, 0.3) is 0 Å². The minimum absolute atomic E-state index is 0.550. The second-order valence-corrected chi connectivity index (χ2v) is 2.79. The molecule has 0 atom stereocenters. The molecule has 0 amide bonds. The molecule has 0 aliphatic heterocycles. The number of rotatable bonds is 2. The van der Waals surface area contributed by atoms with Crippen LogP contribution in [0.4, 0.5) is 8.78 Å². The molecule has 0 aromatic rings. The quantitative estimate of drug-likeness (QED) is 0.464. The van der Waals surface area contributed by atoms with Crippen LogP contribution in [0.5, 0.6) is 0 Å². The minimum Gasteiger partial charge on any atom is -0.281 e. The minimum atomic E-state index is -5.52. The molecular formula is C3H2F2O4S. The highest BCUT2D eigenvalue weighted by molar-refractivity contribution is 7.87. The molecule has 4 nitrogen and oxygen atoms in total. The Morgan fingerprint density at radius 2 is 1.90 bits per heavy atom. The molecule has 0 unspecified atom stereocenters. The van der Waals surface area contributed by atoms with Crippen LogP contribution >= 0.6 is 0 Å². The van der Waals surface area contributed by atoms with Gasteiger partial charge in [0.05, 0.1) is 6.08 Å². The maximum atomic E-state index is 11.8. The lowest BCUT2D eigenvalue weighted by Crippen LogP contribution is -2.25. The Hall–Kier alpha value is -0.780. The highest BCUT2D eigenvalue weighted by atomic mass is 32.2. The van der Waals surface area contributed by atoms with Crippen LogP contribution in [0, 0.1) is 0 Å². The fraction of sp³-hybridized carbons (Fsp3) is 0.333. The zero-order valence-corrected chi connectivity index (χ0v) is 5.23. The molecule has 0 aromatic heterocycles. The van der Waals surface area contributed by atoms with Crippen molar-refractivity contribution in [2.24, 2.45) is 0 Å². The van der Waals surface area contributed by atoms with Crippen LogP contribution in [-0.2, 0) is 14.9 Å². The summed E-state index contributed by atoms with van der Waals surface area (Å²) in [6.07, 6.45) is -0.581. The molecule has 10 heavy (non-hydrogen) atoms. The number of alkyl halides is 2. The predicted octanol–water partition coefficient (Wildman–Crippen LogP) is -0.145. The number of hydrogen-bond acceptors (Lipinski definition) is 3. The summed E-state index contributed by atoms with van der Waals surface area (Å²) in [4.78, 5) is 9.23. The maximum Gasteiger partial charge on any atom is 0.398 e. The van der Waals surface area contributed by atoms with E-state index in [4.69, 9.17) is 4.55 Å². The van der Waals surface area contributed by atoms with Gasteiger partial charge in [-0.15, -0.1) is 0 Å². The molecule has 0 heterocycles. The summed E-state index contributed by atoms with van der Waals surface area (Å²) >= 11 is 0. The second kappa shape index (κ2) is 2.45. The molecule has 0 saturated heterocycles. The molecule has 7 heteroatoms. The van der Waals surface area contributed by atoms with E-state index >= 15 is 0 Å². The van der Waals surface area contributed by atoms with Crippen molar-refractivity contribution >= 4 is 16.1 Å². The predicted molar refractivity (Wildman–Crippen MR) is 26.8 cm³/mol. The first-order valence-corrected chi connectivity index (χ1v) is 3.32. The van der Waals surface area contributed by atoms with Crippen LogP contribution < -0.4 is 0 Å². The van der Waals surface area contributed by atoms with Crippen molar-refractivity contribution in [1.82, 2.24) is 0 Å². The summed E-state index contributed by atoms with van der Waals surface area (Å²) in [6.45, 7) is 0. The van der Waals surface area contributed by atoms with Crippen molar-refractivity contribution in [3.63, 3.8) is 0 Å². The largest absolute Gasteiger partial charge is 0.398 e. The topological polar surface area (TPSA) is 71.4 Å². The molecule has 0 aliphatic carbocycles. The van der Waals surface area contributed by atoms with E-state index in [1.54, 1.807) is 0 Å². The normalized spacial score (nSPS) is 12.3. The molecule has 1 N–H and O–H groups in total. The summed E-state index contributed by atoms with van der Waals surface area (Å²) in [7, 11) is -5.52. The third-order valence-electron chi connectivity index (χ3n) is 0.571. The first kappa shape index (κ1) is 9.22. The zero-order chi connectivity index (χ0) is 8.41. The molecule has 58 valence electrons. The van der Waals surface area contributed by atoms with Gasteiger partial charge in [-0.2, -0.15) is 17.2 Å². The Balaban J connectivity index is 4.94. The van der Waals surface area contributed by atoms with Gasteiger partial charge in [0.2, 0.25) is 0 Å². The molecule has 0 bridgehead atoms. The van der Waals surface area contributed by atoms with Gasteiger partial charge in [-0.3, -0.25) is 4.55 Å². The average Bonchev–Trinajstić information content (AvgIpc) is 1.61. The van der Waals surface area contributed by atoms with E-state index in [1.165, 1.54) is 0 Å². The van der Waals surface area contributed by atoms with Gasteiger partial charge >= 0.3 is 15.4 Å². The van der Waals surface area contributed by atoms with E-state index < -0.39 is 21.4 Å². The van der Waals surface area contributed by atoms with E-state index in [2.05, 4.69) is 0 Å². The van der Waals surface area contributed by atoms with Gasteiger partial charge < -0.3 is 0 Å². The molecule has 0 spiro atoms. The molecule has 0 rings (SSSR count). The average molecular weight is 172 g/mol. The van der Waals surface area contributed by atoms with Gasteiger partial charge in [-0.05, 0) is 0 Å². The van der Waals surface area contributed by atoms with Crippen molar-refractivity contribution < 1.29 is 26.5 Å². The summed E-state index contributed by atoms with van der Waals surface area (Å²) < 4.78 is 50.5. The lowest BCUT2D eigenvalue weighted by atomic mass is 10.7. The SMILES string of the molecule is O=C=CC(F)(F)S(=O)(=O)O. The Labute approximate surface area is 54.9 Å². The van der Waals surface area contributed by atoms with E-state index in [-0.39, 0.29) is 0 Å². The van der Waals surface area contributed by atoms with Crippen molar-refractivity contribution in [2.75, 3.05) is 0 Å². The van der Waals surface area contributed by atoms with Gasteiger partial charge in [-0.1, -0.05) is 0 Å². The lowest BCUT2D eigenvalue weighted by Gasteiger charge is -2.03. The first-order chi connectivity index (χ1) is 4.31. The van der Waals surface area contributed by atoms with Gasteiger partial charge in [0.15, 0.2) is 0 Å². The maximum absolute atomic E-state index is 11.8. The zero-order valence-electron chi connectivity index (χ0n) is 4.41. The molecule has 0 fully saturated rings. The first-order valence-electron chi connectivity index (χ1n) is 1.88. The van der Waals surface area contributed by atoms with Crippen molar-refractivity contribution in [1.29, 1.82) is 0 Å². The molecular weight excluding hydrogens is 170 g/mol. The summed E-state index contributed by atoms with van der Waals surface area (Å²) in [5.41, 5.74) is 0. The van der Waals surface area contributed by atoms with Crippen molar-refractivity contribution in [2.45, 2.75) is 5.25 Å². The Morgan fingerprint density at radius 3 is 2.00 bits per heavy atom. The Morgan fingerprint density at radius 1 is 1.50 bits per heavy atom. The van der Waals surface area contributed by atoms with Crippen LogP contribution in [0.15, 0.2) is 6.08 Å². The summed E-state index contributed by atoms with van der Waals surface area (Å²) in [5, 5.41) is -4.53. The van der Waals surface area contributed by atoms with Crippen LogP contribution in [-0.4, -0.2) is 24.2 Å². The van der Waals surface area contributed by atoms with Gasteiger partial charge in [0.1, 0.15) is 5.94 Å². The van der Waals surface area contributed by atoms with E-state index in [1.807, 2.05) is 0 Å². The van der Waals surface area contributed by atoms with E-state index in [0.29, 0.717) is 5.94 Å². The van der Waals surface area contributed by atoms with Crippen LogP contribution in [0.1, 0.15) is 0 Å². The van der Waals surface area contributed by atoms with Crippen LogP contribution in [0.2, 0.25) is 0 Å². The van der Waals surface area contributed by atoms with E-state index in [9.17, 15) is 22.0 Å². The third-order valence-corrected chi connectivity index (χ3v) is 1.38. The van der Waals surface area contributed by atoms with E-state index in [0.717, 1.165) is 0 Å². The van der Waals surface area contributed by atoms with Gasteiger partial charge in [0, 0.05) is 0 Å². The Kier molecular flexibility index (Phi) is 2.26. The standard InChI is InChI=1S/C3H2F2O4S/c4-3(5,1-2-6)10(7,8)9/h1H,(H,7,8,9). The van der Waals surface area contributed by atoms with Crippen molar-refractivity contribution in [3.05, 3.63) is 6.08 Å². The highest BCUT2D eigenvalue weighted by Crippen LogP contribution is 2.20. The number of halogens is 2. The molecule has 0 radical (unpaired) electrons. The fourth-order valence-corrected chi connectivity index (χ4v) is 0.340.